The lowest BCUT2D eigenvalue weighted by Crippen LogP contribution is -2.20. The number of carbonyl (C=O) groups excluding carboxylic acids is 1. The third-order valence-corrected chi connectivity index (χ3v) is 1.78. The van der Waals surface area contributed by atoms with Crippen molar-refractivity contribution < 1.29 is 9.53 Å². The van der Waals surface area contributed by atoms with Gasteiger partial charge in [-0.2, -0.15) is 0 Å². The first kappa shape index (κ1) is 7.69. The van der Waals surface area contributed by atoms with E-state index in [1.54, 1.807) is 12.2 Å². The molecule has 1 aliphatic rings. The summed E-state index contributed by atoms with van der Waals surface area (Å²) in [7, 11) is 1.51. The van der Waals surface area contributed by atoms with E-state index in [0.29, 0.717) is 0 Å². The van der Waals surface area contributed by atoms with Gasteiger partial charge in [-0.25, -0.2) is 0 Å². The van der Waals surface area contributed by atoms with E-state index in [0.717, 1.165) is 4.48 Å². The molecule has 0 aromatic rings. The molecule has 2 nitrogen and oxygen atoms in total. The summed E-state index contributed by atoms with van der Waals surface area (Å²) in [4.78, 5) is 10.9. The lowest BCUT2D eigenvalue weighted by Gasteiger charge is -2.10. The SMILES string of the molecule is COC1C=C(Br)C=CC1=O. The van der Waals surface area contributed by atoms with Gasteiger partial charge < -0.3 is 4.74 Å². The van der Waals surface area contributed by atoms with E-state index >= 15 is 0 Å². The Hall–Kier alpha value is -0.410. The number of rotatable bonds is 1. The minimum atomic E-state index is -0.403. The first-order valence-electron chi connectivity index (χ1n) is 2.86. The zero-order chi connectivity index (χ0) is 7.56. The van der Waals surface area contributed by atoms with E-state index in [4.69, 9.17) is 4.74 Å². The van der Waals surface area contributed by atoms with Gasteiger partial charge in [-0.1, -0.05) is 15.9 Å². The van der Waals surface area contributed by atoms with Crippen molar-refractivity contribution in [2.24, 2.45) is 0 Å². The third-order valence-electron chi connectivity index (χ3n) is 1.25. The smallest absolute Gasteiger partial charge is 0.188 e. The molecule has 1 atom stereocenters. The second-order valence-electron chi connectivity index (χ2n) is 1.94. The molecule has 54 valence electrons. The maximum Gasteiger partial charge on any atom is 0.188 e. The van der Waals surface area contributed by atoms with Gasteiger partial charge in [0.05, 0.1) is 0 Å². The molecule has 1 rings (SSSR count). The van der Waals surface area contributed by atoms with Crippen molar-refractivity contribution in [2.75, 3.05) is 7.11 Å². The quantitative estimate of drug-likeness (QED) is 0.644. The minimum absolute atomic E-state index is 0.00861. The van der Waals surface area contributed by atoms with Crippen LogP contribution in [0.3, 0.4) is 0 Å². The third kappa shape index (κ3) is 1.55. The molecule has 10 heavy (non-hydrogen) atoms. The Morgan fingerprint density at radius 2 is 2.30 bits per heavy atom. The maximum atomic E-state index is 10.9. The first-order valence-corrected chi connectivity index (χ1v) is 3.65. The molecule has 0 amide bonds. The number of methoxy groups -OCH3 is 1. The average molecular weight is 203 g/mol. The highest BCUT2D eigenvalue weighted by Gasteiger charge is 2.15. The van der Waals surface area contributed by atoms with Crippen molar-refractivity contribution in [3.8, 4) is 0 Å². The van der Waals surface area contributed by atoms with Crippen molar-refractivity contribution >= 4 is 21.7 Å². The molecule has 3 heteroatoms. The Bertz CT molecular complexity index is 206. The van der Waals surface area contributed by atoms with E-state index in [1.165, 1.54) is 13.2 Å². The summed E-state index contributed by atoms with van der Waals surface area (Å²) in [5.41, 5.74) is 0. The standard InChI is InChI=1S/C7H7BrO2/c1-10-7-4-5(8)2-3-6(7)9/h2-4,7H,1H3. The summed E-state index contributed by atoms with van der Waals surface area (Å²) < 4.78 is 5.75. The predicted octanol–water partition coefficient (Wildman–Crippen LogP) is 1.42. The van der Waals surface area contributed by atoms with Gasteiger partial charge in [-0.15, -0.1) is 0 Å². The molecule has 0 fully saturated rings. The van der Waals surface area contributed by atoms with Crippen LogP contribution in [0.25, 0.3) is 0 Å². The predicted molar refractivity (Wildman–Crippen MR) is 42.0 cm³/mol. The molecule has 0 bridgehead atoms. The van der Waals surface area contributed by atoms with Gasteiger partial charge in [0.2, 0.25) is 0 Å². The summed E-state index contributed by atoms with van der Waals surface area (Å²) in [6.07, 6.45) is 4.53. The maximum absolute atomic E-state index is 10.9. The molecule has 0 N–H and O–H groups in total. The lowest BCUT2D eigenvalue weighted by atomic mass is 10.1. The zero-order valence-corrected chi connectivity index (χ0v) is 7.09. The molecule has 0 aromatic carbocycles. The van der Waals surface area contributed by atoms with Gasteiger partial charge in [0.15, 0.2) is 5.78 Å². The van der Waals surface area contributed by atoms with Crippen LogP contribution in [0.15, 0.2) is 22.7 Å². The van der Waals surface area contributed by atoms with E-state index in [9.17, 15) is 4.79 Å². The highest BCUT2D eigenvalue weighted by atomic mass is 79.9. The monoisotopic (exact) mass is 202 g/mol. The number of hydrogen-bond donors (Lipinski definition) is 0. The zero-order valence-electron chi connectivity index (χ0n) is 5.50. The second kappa shape index (κ2) is 3.12. The Morgan fingerprint density at radius 3 is 2.80 bits per heavy atom. The molecule has 0 saturated heterocycles. The van der Waals surface area contributed by atoms with Crippen LogP contribution in [0.2, 0.25) is 0 Å². The van der Waals surface area contributed by atoms with Crippen LogP contribution >= 0.6 is 15.9 Å². The molecule has 1 unspecified atom stereocenters. The summed E-state index contributed by atoms with van der Waals surface area (Å²) in [5.74, 6) is -0.00861. The van der Waals surface area contributed by atoms with Crippen LogP contribution in [0.5, 0.6) is 0 Å². The topological polar surface area (TPSA) is 26.3 Å². The van der Waals surface area contributed by atoms with Gasteiger partial charge in [-0.3, -0.25) is 4.79 Å². The number of ketones is 1. The van der Waals surface area contributed by atoms with E-state index in [1.807, 2.05) is 0 Å². The minimum Gasteiger partial charge on any atom is -0.369 e. The van der Waals surface area contributed by atoms with Crippen LogP contribution in [0, 0.1) is 0 Å². The highest BCUT2D eigenvalue weighted by molar-refractivity contribution is 9.11. The van der Waals surface area contributed by atoms with Crippen LogP contribution in [-0.4, -0.2) is 19.0 Å². The average Bonchev–Trinajstić information content (AvgIpc) is 1.94. The normalized spacial score (nSPS) is 24.8. The molecular weight excluding hydrogens is 196 g/mol. The first-order chi connectivity index (χ1) is 4.74. The summed E-state index contributed by atoms with van der Waals surface area (Å²) in [6.45, 7) is 0. The Kier molecular flexibility index (Phi) is 2.40. The lowest BCUT2D eigenvalue weighted by molar-refractivity contribution is -0.121. The Labute approximate surface area is 67.7 Å². The van der Waals surface area contributed by atoms with Crippen LogP contribution in [0.4, 0.5) is 0 Å². The van der Waals surface area contributed by atoms with Crippen molar-refractivity contribution in [3.05, 3.63) is 22.7 Å². The number of hydrogen-bond acceptors (Lipinski definition) is 2. The summed E-state index contributed by atoms with van der Waals surface area (Å²) >= 11 is 3.24. The van der Waals surface area contributed by atoms with Gasteiger partial charge >= 0.3 is 0 Å². The number of halogens is 1. The molecular formula is C7H7BrO2. The number of allylic oxidation sites excluding steroid dienone is 2. The molecule has 0 aromatic heterocycles. The van der Waals surface area contributed by atoms with Gasteiger partial charge in [0, 0.05) is 11.6 Å². The summed E-state index contributed by atoms with van der Waals surface area (Å²) in [5, 5.41) is 0. The van der Waals surface area contributed by atoms with Crippen molar-refractivity contribution in [1.29, 1.82) is 0 Å². The molecule has 0 spiro atoms. The van der Waals surface area contributed by atoms with Crippen LogP contribution in [0.1, 0.15) is 0 Å². The highest BCUT2D eigenvalue weighted by Crippen LogP contribution is 2.14. The number of carbonyl (C=O) groups is 1. The largest absolute Gasteiger partial charge is 0.369 e. The molecule has 1 aliphatic carbocycles. The van der Waals surface area contributed by atoms with Crippen LogP contribution < -0.4 is 0 Å². The van der Waals surface area contributed by atoms with E-state index in [2.05, 4.69) is 15.9 Å². The molecule has 0 aliphatic heterocycles. The van der Waals surface area contributed by atoms with Gasteiger partial charge in [-0.05, 0) is 18.2 Å². The van der Waals surface area contributed by atoms with E-state index in [-0.39, 0.29) is 5.78 Å². The molecule has 0 radical (unpaired) electrons. The van der Waals surface area contributed by atoms with E-state index < -0.39 is 6.10 Å². The molecule has 0 saturated carbocycles. The fourth-order valence-corrected chi connectivity index (χ4v) is 1.10. The van der Waals surface area contributed by atoms with Crippen molar-refractivity contribution in [3.63, 3.8) is 0 Å². The Balaban J connectivity index is 2.76. The van der Waals surface area contributed by atoms with Gasteiger partial charge in [0.1, 0.15) is 6.10 Å². The van der Waals surface area contributed by atoms with Crippen molar-refractivity contribution in [2.45, 2.75) is 6.10 Å². The van der Waals surface area contributed by atoms with Gasteiger partial charge in [0.25, 0.3) is 0 Å². The fraction of sp³-hybridized carbons (Fsp3) is 0.286. The second-order valence-corrected chi connectivity index (χ2v) is 2.86. The van der Waals surface area contributed by atoms with Crippen LogP contribution in [-0.2, 0) is 9.53 Å². The number of ether oxygens (including phenoxy) is 1. The summed E-state index contributed by atoms with van der Waals surface area (Å²) in [6, 6.07) is 0. The fourth-order valence-electron chi connectivity index (χ4n) is 0.723. The molecule has 0 heterocycles. The Morgan fingerprint density at radius 1 is 1.60 bits per heavy atom. The van der Waals surface area contributed by atoms with Crippen molar-refractivity contribution in [1.82, 2.24) is 0 Å².